The second kappa shape index (κ2) is 9.15. The third-order valence-corrected chi connectivity index (χ3v) is 7.65. The summed E-state index contributed by atoms with van der Waals surface area (Å²) in [5.74, 6) is 0.926. The molecule has 0 unspecified atom stereocenters. The summed E-state index contributed by atoms with van der Waals surface area (Å²) < 4.78 is 2.98. The molecule has 0 atom stereocenters. The molecule has 9 heteroatoms. The maximum Gasteiger partial charge on any atom is 0.233 e. The average Bonchev–Trinajstić information content (AvgIpc) is 3.45. The number of rotatable bonds is 6. The second-order valence-electron chi connectivity index (χ2n) is 7.57. The van der Waals surface area contributed by atoms with Gasteiger partial charge in [0, 0.05) is 19.0 Å². The molecule has 4 aromatic rings. The minimum atomic E-state index is 0.141. The number of tetrazole rings is 1. The monoisotopic (exact) mass is 450 g/mol. The first-order valence-electron chi connectivity index (χ1n) is 10.3. The zero-order chi connectivity index (χ0) is 21.0. The van der Waals surface area contributed by atoms with Gasteiger partial charge in [0.2, 0.25) is 11.1 Å². The van der Waals surface area contributed by atoms with Crippen LogP contribution in [0.1, 0.15) is 29.3 Å². The molecule has 2 aromatic heterocycles. The maximum absolute atomic E-state index is 12.8. The number of carbonyl (C=O) groups is 1. The van der Waals surface area contributed by atoms with E-state index < -0.39 is 0 Å². The van der Waals surface area contributed by atoms with E-state index in [1.807, 2.05) is 41.3 Å². The molecule has 1 aliphatic rings. The molecule has 158 valence electrons. The van der Waals surface area contributed by atoms with Crippen LogP contribution in [0.5, 0.6) is 0 Å². The molecule has 0 aliphatic carbocycles. The summed E-state index contributed by atoms with van der Waals surface area (Å²) >= 11 is 3.18. The number of benzene rings is 2. The SMILES string of the molecule is O=C(CSc1nnnn1Cc1ccccc1)N1CCC(c2nc3ccccc3s2)CC1. The number of thiazole rings is 1. The summed E-state index contributed by atoms with van der Waals surface area (Å²) in [6.07, 6.45) is 1.92. The molecular weight excluding hydrogens is 428 g/mol. The highest BCUT2D eigenvalue weighted by Gasteiger charge is 2.26. The van der Waals surface area contributed by atoms with Crippen molar-refractivity contribution in [2.45, 2.75) is 30.5 Å². The molecule has 0 bridgehead atoms. The minimum Gasteiger partial charge on any atom is -0.342 e. The molecule has 5 rings (SSSR count). The Kier molecular flexibility index (Phi) is 5.95. The van der Waals surface area contributed by atoms with Crippen LogP contribution in [0, 0.1) is 0 Å². The molecule has 3 heterocycles. The summed E-state index contributed by atoms with van der Waals surface area (Å²) in [6, 6.07) is 18.3. The molecule has 0 radical (unpaired) electrons. The Morgan fingerprint density at radius 2 is 1.84 bits per heavy atom. The summed E-state index contributed by atoms with van der Waals surface area (Å²) in [5, 5.41) is 13.8. The molecule has 0 saturated carbocycles. The van der Waals surface area contributed by atoms with E-state index in [0.29, 0.717) is 23.4 Å². The molecule has 1 aliphatic heterocycles. The van der Waals surface area contributed by atoms with E-state index in [2.05, 4.69) is 33.7 Å². The summed E-state index contributed by atoms with van der Waals surface area (Å²) in [7, 11) is 0. The van der Waals surface area contributed by atoms with E-state index in [0.717, 1.165) is 37.0 Å². The number of hydrogen-bond acceptors (Lipinski definition) is 7. The van der Waals surface area contributed by atoms with Crippen molar-refractivity contribution in [3.05, 3.63) is 65.2 Å². The van der Waals surface area contributed by atoms with E-state index in [-0.39, 0.29) is 5.91 Å². The summed E-state index contributed by atoms with van der Waals surface area (Å²) in [6.45, 7) is 2.14. The molecule has 2 aromatic carbocycles. The van der Waals surface area contributed by atoms with Gasteiger partial charge in [-0.2, -0.15) is 0 Å². The lowest BCUT2D eigenvalue weighted by Gasteiger charge is -2.31. The number of thioether (sulfide) groups is 1. The topological polar surface area (TPSA) is 76.8 Å². The Balaban J connectivity index is 1.14. The number of fused-ring (bicyclic) bond motifs is 1. The highest BCUT2D eigenvalue weighted by Crippen LogP contribution is 2.34. The number of para-hydroxylation sites is 1. The van der Waals surface area contributed by atoms with Crippen molar-refractivity contribution in [2.75, 3.05) is 18.8 Å². The van der Waals surface area contributed by atoms with Crippen LogP contribution in [-0.2, 0) is 11.3 Å². The number of likely N-dealkylation sites (tertiary alicyclic amines) is 1. The van der Waals surface area contributed by atoms with Crippen LogP contribution in [0.15, 0.2) is 59.8 Å². The third kappa shape index (κ3) is 4.62. The van der Waals surface area contributed by atoms with Gasteiger partial charge in [-0.05, 0) is 41.0 Å². The first-order valence-corrected chi connectivity index (χ1v) is 12.1. The molecule has 7 nitrogen and oxygen atoms in total. The van der Waals surface area contributed by atoms with E-state index >= 15 is 0 Å². The van der Waals surface area contributed by atoms with Crippen LogP contribution in [0.4, 0.5) is 0 Å². The van der Waals surface area contributed by atoms with Crippen molar-refractivity contribution in [2.24, 2.45) is 0 Å². The van der Waals surface area contributed by atoms with Crippen LogP contribution in [-0.4, -0.2) is 54.8 Å². The van der Waals surface area contributed by atoms with Gasteiger partial charge in [-0.1, -0.05) is 54.2 Å². The lowest BCUT2D eigenvalue weighted by Crippen LogP contribution is -2.39. The Bertz CT molecular complexity index is 1130. The van der Waals surface area contributed by atoms with E-state index in [1.54, 1.807) is 16.0 Å². The van der Waals surface area contributed by atoms with Crippen molar-refractivity contribution in [1.29, 1.82) is 0 Å². The van der Waals surface area contributed by atoms with Gasteiger partial charge < -0.3 is 4.90 Å². The molecular formula is C22H22N6OS2. The molecule has 1 saturated heterocycles. The van der Waals surface area contributed by atoms with Gasteiger partial charge in [0.15, 0.2) is 0 Å². The third-order valence-electron chi connectivity index (χ3n) is 5.51. The van der Waals surface area contributed by atoms with Crippen LogP contribution in [0.3, 0.4) is 0 Å². The van der Waals surface area contributed by atoms with E-state index in [9.17, 15) is 4.79 Å². The lowest BCUT2D eigenvalue weighted by molar-refractivity contribution is -0.129. The van der Waals surface area contributed by atoms with Crippen molar-refractivity contribution in [1.82, 2.24) is 30.1 Å². The first kappa shape index (κ1) is 20.1. The van der Waals surface area contributed by atoms with Gasteiger partial charge in [0.25, 0.3) is 0 Å². The fourth-order valence-electron chi connectivity index (χ4n) is 3.81. The summed E-state index contributed by atoms with van der Waals surface area (Å²) in [5.41, 5.74) is 2.20. The number of aromatic nitrogens is 5. The standard InChI is InChI=1S/C22H22N6OS2/c29-20(15-30-22-24-25-26-28(22)14-16-6-2-1-3-7-16)27-12-10-17(11-13-27)21-23-18-8-4-5-9-19(18)31-21/h1-9,17H,10-15H2. The molecule has 0 spiro atoms. The molecule has 31 heavy (non-hydrogen) atoms. The van der Waals surface area contributed by atoms with Crippen LogP contribution >= 0.6 is 23.1 Å². The Hall–Kier alpha value is -2.78. The average molecular weight is 451 g/mol. The van der Waals surface area contributed by atoms with Crippen molar-refractivity contribution < 1.29 is 4.79 Å². The van der Waals surface area contributed by atoms with Crippen molar-refractivity contribution in [3.8, 4) is 0 Å². The first-order chi connectivity index (χ1) is 15.3. The maximum atomic E-state index is 12.8. The fraction of sp³-hybridized carbons (Fsp3) is 0.318. The van der Waals surface area contributed by atoms with Gasteiger partial charge in [0.1, 0.15) is 0 Å². The predicted molar refractivity (Wildman–Crippen MR) is 122 cm³/mol. The smallest absolute Gasteiger partial charge is 0.233 e. The highest BCUT2D eigenvalue weighted by molar-refractivity contribution is 7.99. The van der Waals surface area contributed by atoms with Gasteiger partial charge >= 0.3 is 0 Å². The molecule has 1 fully saturated rings. The minimum absolute atomic E-state index is 0.141. The zero-order valence-corrected chi connectivity index (χ0v) is 18.6. The Labute approximate surface area is 188 Å². The number of carbonyl (C=O) groups excluding carboxylic acids is 1. The number of hydrogen-bond donors (Lipinski definition) is 0. The van der Waals surface area contributed by atoms with Crippen molar-refractivity contribution >= 4 is 39.2 Å². The number of piperidine rings is 1. The fourth-order valence-corrected chi connectivity index (χ4v) is 5.73. The van der Waals surface area contributed by atoms with Crippen LogP contribution in [0.25, 0.3) is 10.2 Å². The van der Waals surface area contributed by atoms with Gasteiger partial charge in [-0.25, -0.2) is 9.67 Å². The van der Waals surface area contributed by atoms with Crippen LogP contribution < -0.4 is 0 Å². The van der Waals surface area contributed by atoms with Gasteiger partial charge in [-0.3, -0.25) is 4.79 Å². The highest BCUT2D eigenvalue weighted by atomic mass is 32.2. The largest absolute Gasteiger partial charge is 0.342 e. The normalized spacial score (nSPS) is 14.9. The quantitative estimate of drug-likeness (QED) is 0.416. The lowest BCUT2D eigenvalue weighted by atomic mass is 9.97. The molecule has 0 N–H and O–H groups in total. The second-order valence-corrected chi connectivity index (χ2v) is 9.57. The van der Waals surface area contributed by atoms with Gasteiger partial charge in [0.05, 0.1) is 27.5 Å². The Morgan fingerprint density at radius 3 is 2.65 bits per heavy atom. The van der Waals surface area contributed by atoms with Crippen molar-refractivity contribution in [3.63, 3.8) is 0 Å². The summed E-state index contributed by atoms with van der Waals surface area (Å²) in [4.78, 5) is 19.5. The Morgan fingerprint density at radius 1 is 1.06 bits per heavy atom. The van der Waals surface area contributed by atoms with E-state index in [1.165, 1.54) is 21.5 Å². The van der Waals surface area contributed by atoms with Crippen LogP contribution in [0.2, 0.25) is 0 Å². The number of amides is 1. The predicted octanol–water partition coefficient (Wildman–Crippen LogP) is 3.83. The van der Waals surface area contributed by atoms with E-state index in [4.69, 9.17) is 4.98 Å². The molecule has 1 amide bonds. The zero-order valence-electron chi connectivity index (χ0n) is 16.9. The van der Waals surface area contributed by atoms with Gasteiger partial charge in [-0.15, -0.1) is 16.4 Å². The number of nitrogens with zero attached hydrogens (tertiary/aromatic N) is 6.